The maximum atomic E-state index is 2.66. The van der Waals surface area contributed by atoms with Gasteiger partial charge >= 0.3 is 166 Å². The van der Waals surface area contributed by atoms with E-state index in [4.69, 9.17) is 0 Å². The molecule has 2 atom stereocenters. The number of allylic oxidation sites excluding steroid dienone is 10. The molecule has 2 aliphatic carbocycles. The van der Waals surface area contributed by atoms with Gasteiger partial charge in [0.2, 0.25) is 0 Å². The van der Waals surface area contributed by atoms with Crippen molar-refractivity contribution >= 4 is 6.66 Å². The number of hydrogen-bond acceptors (Lipinski definition) is 0. The predicted molar refractivity (Wildman–Crippen MR) is 112 cm³/mol. The van der Waals surface area contributed by atoms with Gasteiger partial charge in [0.05, 0.1) is 0 Å². The Morgan fingerprint density at radius 2 is 1.28 bits per heavy atom. The molecule has 2 heteroatoms. The van der Waals surface area contributed by atoms with Crippen molar-refractivity contribution in [3.63, 3.8) is 0 Å². The Kier molecular flexibility index (Phi) is 6.14. The fourth-order valence-corrected chi connectivity index (χ4v) is 8.26. The van der Waals surface area contributed by atoms with Crippen LogP contribution in [0.25, 0.3) is 0 Å². The van der Waals surface area contributed by atoms with Gasteiger partial charge in [0, 0.05) is 0 Å². The molecule has 0 radical (unpaired) electrons. The van der Waals surface area contributed by atoms with Crippen LogP contribution in [-0.4, -0.2) is 6.66 Å². The van der Waals surface area contributed by atoms with Crippen LogP contribution in [0.5, 0.6) is 0 Å². The average Bonchev–Trinajstić information content (AvgIpc) is 2.84. The second-order valence-corrected chi connectivity index (χ2v) is 19.4. The average molecular weight is 388 g/mol. The van der Waals surface area contributed by atoms with Gasteiger partial charge in [-0.15, -0.1) is 0 Å². The van der Waals surface area contributed by atoms with Gasteiger partial charge in [-0.3, -0.25) is 0 Å². The van der Waals surface area contributed by atoms with Gasteiger partial charge < -0.3 is 0 Å². The minimum atomic E-state index is -0.397. The summed E-state index contributed by atoms with van der Waals surface area (Å²) in [5.74, 6) is 0. The van der Waals surface area contributed by atoms with Crippen molar-refractivity contribution in [3.8, 4) is 0 Å². The maximum absolute atomic E-state index is 2.66. The quantitative estimate of drug-likeness (QED) is 0.351. The van der Waals surface area contributed by atoms with Crippen LogP contribution in [0.2, 0.25) is 17.8 Å². The summed E-state index contributed by atoms with van der Waals surface area (Å²) in [4.78, 5) is 0. The predicted octanol–water partition coefficient (Wildman–Crippen LogP) is 7.00. The molecule has 0 heterocycles. The molecular weight excluding hydrogens is 352 g/mol. The zero-order valence-electron chi connectivity index (χ0n) is 18.0. The molecule has 0 aliphatic heterocycles. The SMILES string of the molecule is CC1=CC(C)(C(=C[CH2][Ti+][SiH](C)C)C2(C)C=C(C)C(C)=C2C)C(C)=C1C. The normalized spacial score (nSPS) is 29.2. The fourth-order valence-electron chi connectivity index (χ4n) is 4.59. The first-order valence-corrected chi connectivity index (χ1v) is 16.3. The Bertz CT molecular complexity index is 675. The second kappa shape index (κ2) is 7.33. The van der Waals surface area contributed by atoms with E-state index in [2.05, 4.69) is 86.7 Å². The van der Waals surface area contributed by atoms with Crippen molar-refractivity contribution in [2.24, 2.45) is 10.8 Å². The van der Waals surface area contributed by atoms with Gasteiger partial charge in [0.1, 0.15) is 0 Å². The minimum absolute atomic E-state index is 0.0657. The Morgan fingerprint density at radius 1 is 0.880 bits per heavy atom. The summed E-state index contributed by atoms with van der Waals surface area (Å²) in [6.45, 7) is 23.4. The molecular formula is C23H36SiTi+. The van der Waals surface area contributed by atoms with Crippen molar-refractivity contribution in [1.82, 2.24) is 0 Å². The third-order valence-electron chi connectivity index (χ3n) is 6.83. The first-order chi connectivity index (χ1) is 11.4. The van der Waals surface area contributed by atoms with E-state index in [-0.39, 0.29) is 29.2 Å². The van der Waals surface area contributed by atoms with Crippen LogP contribution in [0, 0.1) is 10.8 Å². The molecule has 0 aromatic rings. The molecule has 0 fully saturated rings. The van der Waals surface area contributed by atoms with Crippen molar-refractivity contribution in [2.75, 3.05) is 0 Å². The van der Waals surface area contributed by atoms with Crippen LogP contribution in [0.1, 0.15) is 55.4 Å². The van der Waals surface area contributed by atoms with E-state index in [1.807, 2.05) is 0 Å². The Labute approximate surface area is 166 Å². The van der Waals surface area contributed by atoms with Crippen molar-refractivity contribution in [1.29, 1.82) is 0 Å². The van der Waals surface area contributed by atoms with Crippen LogP contribution >= 0.6 is 0 Å². The third kappa shape index (κ3) is 3.57. The Hall–Kier alpha value is -0.369. The number of hydrogen-bond donors (Lipinski definition) is 0. The summed E-state index contributed by atoms with van der Waals surface area (Å²) in [7, 11) is 0. The first kappa shape index (κ1) is 20.9. The van der Waals surface area contributed by atoms with E-state index >= 15 is 0 Å². The van der Waals surface area contributed by atoms with E-state index in [1.165, 1.54) is 27.0 Å². The molecule has 0 aromatic carbocycles. The molecule has 0 saturated heterocycles. The molecule has 0 nitrogen and oxygen atoms in total. The fraction of sp³-hybridized carbons (Fsp3) is 0.565. The van der Waals surface area contributed by atoms with Gasteiger partial charge in [-0.05, 0) is 0 Å². The summed E-state index contributed by atoms with van der Waals surface area (Å²) >= 11 is 0.230. The van der Waals surface area contributed by atoms with E-state index in [9.17, 15) is 0 Å². The standard InChI is InChI=1S/C21H29.C2H7Si.Ti/c1-10-19(20(8)11-13(2)15(4)17(20)6)21(9)12-14(3)16(5)18(21)7;1-3-2;/h10-12H,1H2,2-9H3;3H,1-2H3;/q;;+1. The molecule has 0 saturated carbocycles. The topological polar surface area (TPSA) is 0 Å². The third-order valence-corrected chi connectivity index (χ3v) is 13.1. The van der Waals surface area contributed by atoms with E-state index in [1.54, 1.807) is 16.7 Å². The van der Waals surface area contributed by atoms with Crippen LogP contribution in [-0.2, 0) is 18.4 Å². The molecule has 2 aliphatic rings. The van der Waals surface area contributed by atoms with Crippen LogP contribution < -0.4 is 0 Å². The van der Waals surface area contributed by atoms with E-state index < -0.39 is 6.66 Å². The molecule has 2 unspecified atom stereocenters. The molecule has 0 spiro atoms. The summed E-state index contributed by atoms with van der Waals surface area (Å²) in [5.41, 5.74) is 10.7. The molecule has 25 heavy (non-hydrogen) atoms. The van der Waals surface area contributed by atoms with Gasteiger partial charge in [-0.2, -0.15) is 0 Å². The van der Waals surface area contributed by atoms with Crippen molar-refractivity contribution in [2.45, 2.75) is 73.2 Å². The zero-order valence-corrected chi connectivity index (χ0v) is 20.7. The molecule has 2 rings (SSSR count). The van der Waals surface area contributed by atoms with E-state index in [0.29, 0.717) is 0 Å². The second-order valence-electron chi connectivity index (χ2n) is 8.74. The molecule has 0 aromatic heterocycles. The monoisotopic (exact) mass is 388 g/mol. The van der Waals surface area contributed by atoms with Crippen molar-refractivity contribution < 1.29 is 18.4 Å². The first-order valence-electron chi connectivity index (χ1n) is 9.65. The summed E-state index contributed by atoms with van der Waals surface area (Å²) in [6.07, 6.45) is 7.72. The van der Waals surface area contributed by atoms with Gasteiger partial charge in [-0.25, -0.2) is 0 Å². The summed E-state index contributed by atoms with van der Waals surface area (Å²) in [5, 5.41) is 0. The van der Waals surface area contributed by atoms with Gasteiger partial charge in [-0.1, -0.05) is 0 Å². The van der Waals surface area contributed by atoms with Crippen LogP contribution in [0.3, 0.4) is 0 Å². The zero-order chi connectivity index (χ0) is 19.2. The van der Waals surface area contributed by atoms with Crippen LogP contribution in [0.4, 0.5) is 0 Å². The van der Waals surface area contributed by atoms with Crippen LogP contribution in [0.15, 0.2) is 57.2 Å². The molecule has 135 valence electrons. The molecule has 0 bridgehead atoms. The Morgan fingerprint density at radius 3 is 1.56 bits per heavy atom. The van der Waals surface area contributed by atoms with E-state index in [0.717, 1.165) is 0 Å². The molecule has 0 amide bonds. The molecule has 0 N–H and O–H groups in total. The summed E-state index contributed by atoms with van der Waals surface area (Å²) < 4.78 is 1.35. The summed E-state index contributed by atoms with van der Waals surface area (Å²) in [6, 6.07) is 0. The number of rotatable bonds is 5. The Balaban J connectivity index is 2.62. The van der Waals surface area contributed by atoms with Gasteiger partial charge in [0.25, 0.3) is 0 Å². The van der Waals surface area contributed by atoms with Gasteiger partial charge in [0.15, 0.2) is 0 Å². The van der Waals surface area contributed by atoms with Crippen molar-refractivity contribution in [3.05, 3.63) is 57.2 Å².